The van der Waals surface area contributed by atoms with Crippen molar-refractivity contribution >= 4 is 18.2 Å². The quantitative estimate of drug-likeness (QED) is 0.660. The van der Waals surface area contributed by atoms with E-state index in [2.05, 4.69) is 10.4 Å². The van der Waals surface area contributed by atoms with Crippen LogP contribution in [0.2, 0.25) is 0 Å². The Hall–Kier alpha value is -3.09. The van der Waals surface area contributed by atoms with Crippen LogP contribution < -0.4 is 5.32 Å². The molecular formula is C19H17F2N3O2. The molecule has 1 aliphatic heterocycles. The van der Waals surface area contributed by atoms with Gasteiger partial charge in [-0.25, -0.2) is 13.6 Å². The lowest BCUT2D eigenvalue weighted by Crippen LogP contribution is -2.44. The van der Waals surface area contributed by atoms with E-state index in [0.717, 1.165) is 23.9 Å². The summed E-state index contributed by atoms with van der Waals surface area (Å²) >= 11 is 0. The molecule has 26 heavy (non-hydrogen) atoms. The zero-order valence-electron chi connectivity index (χ0n) is 14.1. The first-order valence-corrected chi connectivity index (χ1v) is 8.09. The molecule has 2 aromatic rings. The molecule has 2 aromatic carbocycles. The molecule has 1 aliphatic rings. The molecule has 5 nitrogen and oxygen atoms in total. The van der Waals surface area contributed by atoms with Gasteiger partial charge in [0.05, 0.1) is 11.8 Å². The Balaban J connectivity index is 1.75. The largest absolute Gasteiger partial charge is 0.346 e. The molecule has 3 rings (SSSR count). The maximum atomic E-state index is 13.6. The predicted octanol–water partition coefficient (Wildman–Crippen LogP) is 3.24. The maximum absolute atomic E-state index is 13.6. The third-order valence-electron chi connectivity index (χ3n) is 4.30. The highest BCUT2D eigenvalue weighted by molar-refractivity contribution is 6.07. The van der Waals surface area contributed by atoms with Gasteiger partial charge in [0.15, 0.2) is 0 Å². The topological polar surface area (TPSA) is 61.8 Å². The number of hydrogen-bond acceptors (Lipinski definition) is 3. The summed E-state index contributed by atoms with van der Waals surface area (Å²) in [7, 11) is 0. The van der Waals surface area contributed by atoms with Crippen LogP contribution in [0.3, 0.4) is 0 Å². The van der Waals surface area contributed by atoms with Gasteiger partial charge in [0.1, 0.15) is 17.2 Å². The summed E-state index contributed by atoms with van der Waals surface area (Å²) in [6.45, 7) is 1.61. The molecule has 0 aliphatic carbocycles. The van der Waals surface area contributed by atoms with E-state index in [1.165, 1.54) is 6.07 Å². The highest BCUT2D eigenvalue weighted by Gasteiger charge is 2.47. The first kappa shape index (κ1) is 17.7. The molecule has 3 amide bonds. The smallest absolute Gasteiger partial charge is 0.322 e. The molecule has 0 radical (unpaired) electrons. The summed E-state index contributed by atoms with van der Waals surface area (Å²) in [6, 6.07) is 12.2. The molecule has 0 unspecified atom stereocenters. The number of carbonyl (C=O) groups excluding carboxylic acids is 2. The second-order valence-electron chi connectivity index (χ2n) is 6.24. The number of nitrogens with one attached hydrogen (secondary N) is 1. The van der Waals surface area contributed by atoms with Crippen molar-refractivity contribution in [1.82, 2.24) is 10.3 Å². The highest BCUT2D eigenvalue weighted by Crippen LogP contribution is 2.23. The number of carbonyl (C=O) groups is 2. The molecule has 1 saturated heterocycles. The van der Waals surface area contributed by atoms with Gasteiger partial charge >= 0.3 is 6.03 Å². The molecule has 0 saturated carbocycles. The van der Waals surface area contributed by atoms with Gasteiger partial charge in [-0.05, 0) is 37.5 Å². The molecule has 0 bridgehead atoms. The van der Waals surface area contributed by atoms with Crippen molar-refractivity contribution in [3.63, 3.8) is 0 Å². The summed E-state index contributed by atoms with van der Waals surface area (Å²) in [5, 5.41) is 6.90. The SMILES string of the molecule is C[C@]1(CCc2ccccc2)NC(=O)N(N=Cc2c(F)cccc2F)C1=O. The average molecular weight is 357 g/mol. The molecule has 1 heterocycles. The fourth-order valence-corrected chi connectivity index (χ4v) is 2.73. The first-order chi connectivity index (χ1) is 12.4. The van der Waals surface area contributed by atoms with Crippen LogP contribution in [-0.2, 0) is 11.2 Å². The zero-order chi connectivity index (χ0) is 18.7. The monoisotopic (exact) mass is 357 g/mol. The van der Waals surface area contributed by atoms with Crippen molar-refractivity contribution in [1.29, 1.82) is 0 Å². The fraction of sp³-hybridized carbons (Fsp3) is 0.211. The normalized spacial score (nSPS) is 20.0. The number of rotatable bonds is 5. The number of halogens is 2. The van der Waals surface area contributed by atoms with Crippen molar-refractivity contribution in [2.75, 3.05) is 0 Å². The number of amides is 3. The van der Waals surface area contributed by atoms with E-state index in [4.69, 9.17) is 0 Å². The lowest BCUT2D eigenvalue weighted by molar-refractivity contribution is -0.130. The Morgan fingerprint density at radius 2 is 1.73 bits per heavy atom. The number of imide groups is 1. The molecule has 1 N–H and O–H groups in total. The number of nitrogens with zero attached hydrogens (tertiary/aromatic N) is 2. The summed E-state index contributed by atoms with van der Waals surface area (Å²) in [4.78, 5) is 24.7. The second-order valence-corrected chi connectivity index (χ2v) is 6.24. The number of aryl methyl sites for hydroxylation is 1. The van der Waals surface area contributed by atoms with E-state index < -0.39 is 34.7 Å². The van der Waals surface area contributed by atoms with Crippen molar-refractivity contribution in [2.24, 2.45) is 5.10 Å². The number of benzene rings is 2. The minimum absolute atomic E-state index is 0.377. The summed E-state index contributed by atoms with van der Waals surface area (Å²) < 4.78 is 27.3. The Labute approximate surface area is 149 Å². The molecule has 1 atom stereocenters. The summed E-state index contributed by atoms with van der Waals surface area (Å²) in [5.74, 6) is -2.22. The van der Waals surface area contributed by atoms with Gasteiger partial charge < -0.3 is 5.32 Å². The van der Waals surface area contributed by atoms with Crippen LogP contribution in [0.25, 0.3) is 0 Å². The highest BCUT2D eigenvalue weighted by atomic mass is 19.1. The maximum Gasteiger partial charge on any atom is 0.346 e. The predicted molar refractivity (Wildman–Crippen MR) is 92.5 cm³/mol. The van der Waals surface area contributed by atoms with Crippen molar-refractivity contribution in [3.05, 3.63) is 71.3 Å². The average Bonchev–Trinajstić information content (AvgIpc) is 2.84. The van der Waals surface area contributed by atoms with Crippen LogP contribution in [0.4, 0.5) is 13.6 Å². The molecule has 0 spiro atoms. The summed E-state index contributed by atoms with van der Waals surface area (Å²) in [5.41, 5.74) is -0.505. The Morgan fingerprint density at radius 1 is 1.08 bits per heavy atom. The van der Waals surface area contributed by atoms with E-state index in [1.54, 1.807) is 6.92 Å². The Kier molecular flexibility index (Phi) is 4.79. The second kappa shape index (κ2) is 7.03. The van der Waals surface area contributed by atoms with Crippen molar-refractivity contribution in [2.45, 2.75) is 25.3 Å². The van der Waals surface area contributed by atoms with E-state index in [-0.39, 0.29) is 0 Å². The summed E-state index contributed by atoms with van der Waals surface area (Å²) in [6.07, 6.45) is 1.80. The first-order valence-electron chi connectivity index (χ1n) is 8.09. The van der Waals surface area contributed by atoms with Gasteiger partial charge in [-0.3, -0.25) is 4.79 Å². The molecule has 7 heteroatoms. The standard InChI is InChI=1S/C19H17F2N3O2/c1-19(11-10-13-6-3-2-4-7-13)17(25)24(18(26)23-19)22-12-14-15(20)8-5-9-16(14)21/h2-9,12H,10-11H2,1H3,(H,23,26)/t19-/m1/s1. The van der Waals surface area contributed by atoms with E-state index in [1.807, 2.05) is 30.3 Å². The van der Waals surface area contributed by atoms with Crippen LogP contribution in [0.15, 0.2) is 53.6 Å². The minimum Gasteiger partial charge on any atom is -0.322 e. The Bertz CT molecular complexity index is 850. The zero-order valence-corrected chi connectivity index (χ0v) is 14.1. The molecule has 0 aromatic heterocycles. The van der Waals surface area contributed by atoms with Gasteiger partial charge in [0.25, 0.3) is 5.91 Å². The van der Waals surface area contributed by atoms with Crippen molar-refractivity contribution in [3.8, 4) is 0 Å². The van der Waals surface area contributed by atoms with Crippen LogP contribution >= 0.6 is 0 Å². The van der Waals surface area contributed by atoms with Gasteiger partial charge in [0, 0.05) is 0 Å². The van der Waals surface area contributed by atoms with Crippen LogP contribution in [0.5, 0.6) is 0 Å². The molecular weight excluding hydrogens is 340 g/mol. The minimum atomic E-state index is -1.13. The van der Waals surface area contributed by atoms with Crippen LogP contribution in [-0.4, -0.2) is 28.7 Å². The number of urea groups is 1. The van der Waals surface area contributed by atoms with Gasteiger partial charge in [-0.15, -0.1) is 5.01 Å². The lowest BCUT2D eigenvalue weighted by atomic mass is 9.93. The number of hydrogen-bond donors (Lipinski definition) is 1. The lowest BCUT2D eigenvalue weighted by Gasteiger charge is -2.20. The van der Waals surface area contributed by atoms with E-state index in [9.17, 15) is 18.4 Å². The fourth-order valence-electron chi connectivity index (χ4n) is 2.73. The van der Waals surface area contributed by atoms with Crippen molar-refractivity contribution < 1.29 is 18.4 Å². The van der Waals surface area contributed by atoms with Crippen LogP contribution in [0.1, 0.15) is 24.5 Å². The van der Waals surface area contributed by atoms with E-state index in [0.29, 0.717) is 17.9 Å². The van der Waals surface area contributed by atoms with Crippen LogP contribution in [0, 0.1) is 11.6 Å². The molecule has 1 fully saturated rings. The molecule has 134 valence electrons. The van der Waals surface area contributed by atoms with Gasteiger partial charge in [-0.1, -0.05) is 36.4 Å². The van der Waals surface area contributed by atoms with Gasteiger partial charge in [-0.2, -0.15) is 5.10 Å². The van der Waals surface area contributed by atoms with Gasteiger partial charge in [0.2, 0.25) is 0 Å². The Morgan fingerprint density at radius 3 is 2.38 bits per heavy atom. The van der Waals surface area contributed by atoms with E-state index >= 15 is 0 Å². The third kappa shape index (κ3) is 3.46. The number of hydrazone groups is 1. The third-order valence-corrected chi connectivity index (χ3v) is 4.30.